The van der Waals surface area contributed by atoms with E-state index < -0.39 is 24.0 Å². The lowest BCUT2D eigenvalue weighted by atomic mass is 9.95. The highest BCUT2D eigenvalue weighted by atomic mass is 19.4. The van der Waals surface area contributed by atoms with Gasteiger partial charge in [-0.25, -0.2) is 0 Å². The Labute approximate surface area is 135 Å². The molecule has 0 fully saturated rings. The quantitative estimate of drug-likeness (QED) is 0.786. The van der Waals surface area contributed by atoms with Crippen molar-refractivity contribution in [1.82, 2.24) is 4.90 Å². The number of carbonyl (C=O) groups excluding carboxylic acids is 1. The zero-order valence-corrected chi connectivity index (χ0v) is 14.0. The second-order valence-corrected chi connectivity index (χ2v) is 6.68. The van der Waals surface area contributed by atoms with E-state index in [9.17, 15) is 18.0 Å². The van der Waals surface area contributed by atoms with Crippen LogP contribution < -0.4 is 4.74 Å². The van der Waals surface area contributed by atoms with Gasteiger partial charge in [0.15, 0.2) is 0 Å². The van der Waals surface area contributed by atoms with Crippen LogP contribution in [0, 0.1) is 5.41 Å². The van der Waals surface area contributed by atoms with Crippen molar-refractivity contribution in [2.45, 2.75) is 40.3 Å². The maximum Gasteiger partial charge on any atom is 0.406 e. The van der Waals surface area contributed by atoms with Crippen molar-refractivity contribution >= 4 is 5.91 Å². The van der Waals surface area contributed by atoms with Crippen molar-refractivity contribution in [3.8, 4) is 5.75 Å². The first-order valence-electron chi connectivity index (χ1n) is 7.56. The average Bonchev–Trinajstić information content (AvgIpc) is 2.37. The summed E-state index contributed by atoms with van der Waals surface area (Å²) < 4.78 is 43.4. The molecule has 0 aliphatic rings. The van der Waals surface area contributed by atoms with Gasteiger partial charge in [0, 0.05) is 6.54 Å². The molecule has 0 heterocycles. The summed E-state index contributed by atoms with van der Waals surface area (Å²) in [5.41, 5.74) is 0.263. The molecular formula is C17H24F3NO2. The molecule has 0 saturated heterocycles. The number of carbonyl (C=O) groups is 1. The van der Waals surface area contributed by atoms with Crippen LogP contribution >= 0.6 is 0 Å². The summed E-state index contributed by atoms with van der Waals surface area (Å²) in [6, 6.07) is 6.82. The molecule has 0 aromatic heterocycles. The van der Waals surface area contributed by atoms with Gasteiger partial charge in [-0.2, -0.15) is 13.2 Å². The first-order chi connectivity index (χ1) is 10.5. The van der Waals surface area contributed by atoms with Crippen LogP contribution in [0.4, 0.5) is 13.2 Å². The van der Waals surface area contributed by atoms with Gasteiger partial charge in [0.1, 0.15) is 12.3 Å². The maximum atomic E-state index is 12.7. The molecule has 0 bridgehead atoms. The van der Waals surface area contributed by atoms with E-state index in [2.05, 4.69) is 0 Å². The van der Waals surface area contributed by atoms with Crippen LogP contribution in [0.25, 0.3) is 0 Å². The highest BCUT2D eigenvalue weighted by Gasteiger charge is 2.34. The van der Waals surface area contributed by atoms with E-state index in [1.165, 1.54) is 0 Å². The van der Waals surface area contributed by atoms with Gasteiger partial charge in [-0.3, -0.25) is 4.79 Å². The molecule has 1 amide bonds. The SMILES string of the molecule is CCOc1ccc(CC(=O)N(CC(C)(C)C)CC(F)(F)F)cc1. The first kappa shape index (κ1) is 19.3. The van der Waals surface area contributed by atoms with Gasteiger partial charge in [0.25, 0.3) is 0 Å². The molecule has 0 atom stereocenters. The zero-order valence-electron chi connectivity index (χ0n) is 14.0. The standard InChI is InChI=1S/C17H24F3NO2/c1-5-23-14-8-6-13(7-9-14)10-15(22)21(11-16(2,3)4)12-17(18,19)20/h6-9H,5,10-12H2,1-4H3. The fourth-order valence-corrected chi connectivity index (χ4v) is 2.18. The van der Waals surface area contributed by atoms with E-state index in [1.807, 2.05) is 6.92 Å². The number of benzene rings is 1. The van der Waals surface area contributed by atoms with Crippen molar-refractivity contribution in [3.63, 3.8) is 0 Å². The topological polar surface area (TPSA) is 29.5 Å². The molecule has 0 saturated carbocycles. The molecule has 0 aliphatic carbocycles. The van der Waals surface area contributed by atoms with Gasteiger partial charge < -0.3 is 9.64 Å². The van der Waals surface area contributed by atoms with Gasteiger partial charge in [-0.05, 0) is 30.0 Å². The molecule has 1 aromatic carbocycles. The van der Waals surface area contributed by atoms with Crippen LogP contribution in [-0.4, -0.2) is 36.7 Å². The van der Waals surface area contributed by atoms with Crippen LogP contribution in [0.1, 0.15) is 33.3 Å². The monoisotopic (exact) mass is 331 g/mol. The normalized spacial score (nSPS) is 12.1. The second-order valence-electron chi connectivity index (χ2n) is 6.68. The molecule has 3 nitrogen and oxygen atoms in total. The lowest BCUT2D eigenvalue weighted by Gasteiger charge is -2.30. The minimum atomic E-state index is -4.40. The number of rotatable bonds is 6. The van der Waals surface area contributed by atoms with Crippen LogP contribution in [0.3, 0.4) is 0 Å². The van der Waals surface area contributed by atoms with E-state index in [4.69, 9.17) is 4.74 Å². The van der Waals surface area contributed by atoms with Crippen molar-refractivity contribution in [1.29, 1.82) is 0 Å². The third-order valence-electron chi connectivity index (χ3n) is 2.98. The summed E-state index contributed by atoms with van der Waals surface area (Å²) >= 11 is 0. The molecule has 1 aromatic rings. The average molecular weight is 331 g/mol. The van der Waals surface area contributed by atoms with Gasteiger partial charge in [-0.1, -0.05) is 32.9 Å². The smallest absolute Gasteiger partial charge is 0.406 e. The highest BCUT2D eigenvalue weighted by Crippen LogP contribution is 2.22. The lowest BCUT2D eigenvalue weighted by molar-refractivity contribution is -0.163. The number of alkyl halides is 3. The van der Waals surface area contributed by atoms with Crippen LogP contribution in [0.2, 0.25) is 0 Å². The van der Waals surface area contributed by atoms with E-state index in [0.29, 0.717) is 17.9 Å². The van der Waals surface area contributed by atoms with E-state index in [0.717, 1.165) is 4.90 Å². The number of hydrogen-bond donors (Lipinski definition) is 0. The molecule has 0 spiro atoms. The largest absolute Gasteiger partial charge is 0.494 e. The van der Waals surface area contributed by atoms with Crippen molar-refractivity contribution < 1.29 is 22.7 Å². The van der Waals surface area contributed by atoms with Crippen molar-refractivity contribution in [2.75, 3.05) is 19.7 Å². The van der Waals surface area contributed by atoms with Crippen LogP contribution in [0.5, 0.6) is 5.75 Å². The van der Waals surface area contributed by atoms with Crippen LogP contribution in [0.15, 0.2) is 24.3 Å². The first-order valence-corrected chi connectivity index (χ1v) is 7.56. The Morgan fingerprint density at radius 1 is 1.09 bits per heavy atom. The molecule has 0 unspecified atom stereocenters. The minimum absolute atomic E-state index is 0.0570. The third-order valence-corrected chi connectivity index (χ3v) is 2.98. The predicted octanol–water partition coefficient (Wildman–Crippen LogP) is 4.06. The zero-order chi connectivity index (χ0) is 17.7. The summed E-state index contributed by atoms with van der Waals surface area (Å²) in [6.07, 6.45) is -4.46. The fourth-order valence-electron chi connectivity index (χ4n) is 2.18. The molecule has 23 heavy (non-hydrogen) atoms. The number of hydrogen-bond acceptors (Lipinski definition) is 2. The molecule has 0 N–H and O–H groups in total. The fraction of sp³-hybridized carbons (Fsp3) is 0.588. The lowest BCUT2D eigenvalue weighted by Crippen LogP contribution is -2.44. The van der Waals surface area contributed by atoms with Crippen LogP contribution in [-0.2, 0) is 11.2 Å². The summed E-state index contributed by atoms with van der Waals surface area (Å²) in [5, 5.41) is 0. The highest BCUT2D eigenvalue weighted by molar-refractivity contribution is 5.79. The number of halogens is 3. The Bertz CT molecular complexity index is 488. The van der Waals surface area contributed by atoms with Crippen molar-refractivity contribution in [2.24, 2.45) is 5.41 Å². The van der Waals surface area contributed by atoms with E-state index in [-0.39, 0.29) is 13.0 Å². The Morgan fingerprint density at radius 2 is 1.65 bits per heavy atom. The Kier molecular flexibility index (Phi) is 6.47. The van der Waals surface area contributed by atoms with Crippen molar-refractivity contribution in [3.05, 3.63) is 29.8 Å². The number of amides is 1. The second kappa shape index (κ2) is 7.70. The molecular weight excluding hydrogens is 307 g/mol. The Morgan fingerprint density at radius 3 is 2.09 bits per heavy atom. The predicted molar refractivity (Wildman–Crippen MR) is 83.4 cm³/mol. The van der Waals surface area contributed by atoms with Gasteiger partial charge in [0.2, 0.25) is 5.91 Å². The van der Waals surface area contributed by atoms with Gasteiger partial charge in [0.05, 0.1) is 13.0 Å². The summed E-state index contributed by atoms with van der Waals surface area (Å²) in [4.78, 5) is 13.2. The summed E-state index contributed by atoms with van der Waals surface area (Å²) in [6.45, 7) is 6.65. The van der Waals surface area contributed by atoms with Gasteiger partial charge in [-0.15, -0.1) is 0 Å². The Balaban J connectivity index is 2.79. The third kappa shape index (κ3) is 7.90. The maximum absolute atomic E-state index is 12.7. The molecule has 6 heteroatoms. The summed E-state index contributed by atoms with van der Waals surface area (Å²) in [5.74, 6) is 0.145. The molecule has 1 rings (SSSR count). The number of nitrogens with zero attached hydrogens (tertiary/aromatic N) is 1. The van der Waals surface area contributed by atoms with E-state index in [1.54, 1.807) is 45.0 Å². The molecule has 130 valence electrons. The van der Waals surface area contributed by atoms with Gasteiger partial charge >= 0.3 is 6.18 Å². The van der Waals surface area contributed by atoms with E-state index >= 15 is 0 Å². The minimum Gasteiger partial charge on any atom is -0.494 e. The number of ether oxygens (including phenoxy) is 1. The summed E-state index contributed by atoms with van der Waals surface area (Å²) in [7, 11) is 0. The molecule has 0 aliphatic heterocycles. The molecule has 0 radical (unpaired) electrons. The Hall–Kier alpha value is -1.72.